The van der Waals surface area contributed by atoms with Gasteiger partial charge in [-0.2, -0.15) is 0 Å². The van der Waals surface area contributed by atoms with Crippen molar-refractivity contribution < 1.29 is 23.6 Å². The predicted molar refractivity (Wildman–Crippen MR) is 117 cm³/mol. The molecule has 0 aliphatic carbocycles. The van der Waals surface area contributed by atoms with Gasteiger partial charge in [0.1, 0.15) is 17.1 Å². The van der Waals surface area contributed by atoms with E-state index < -0.39 is 11.7 Å². The fourth-order valence-electron chi connectivity index (χ4n) is 3.92. The van der Waals surface area contributed by atoms with Gasteiger partial charge in [-0.05, 0) is 0 Å². The van der Waals surface area contributed by atoms with Crippen molar-refractivity contribution in [3.05, 3.63) is 54.6 Å². The van der Waals surface area contributed by atoms with Gasteiger partial charge in [-0.25, -0.2) is 4.98 Å². The molecule has 12 nitrogen and oxygen atoms in total. The van der Waals surface area contributed by atoms with E-state index in [4.69, 9.17) is 9.26 Å². The first-order valence-corrected chi connectivity index (χ1v) is 10.4. The van der Waals surface area contributed by atoms with E-state index in [0.29, 0.717) is 28.0 Å². The fraction of sp³-hybridized carbons (Fsp3) is 0.227. The molecule has 4 aromatic rings. The van der Waals surface area contributed by atoms with Crippen molar-refractivity contribution in [2.75, 3.05) is 33.3 Å². The number of H-pyrrole nitrogens is 1. The molecule has 1 N–H and O–H groups in total. The Balaban J connectivity index is 1.38. The quantitative estimate of drug-likeness (QED) is 0.342. The summed E-state index contributed by atoms with van der Waals surface area (Å²) in [6, 6.07) is 1.48. The van der Waals surface area contributed by atoms with E-state index in [-0.39, 0.29) is 43.4 Å². The minimum atomic E-state index is -0.684. The second-order valence-electron chi connectivity index (χ2n) is 7.51. The van der Waals surface area contributed by atoms with Crippen LogP contribution in [0.2, 0.25) is 0 Å². The van der Waals surface area contributed by atoms with Gasteiger partial charge in [-0.15, -0.1) is 0 Å². The first kappa shape index (κ1) is 21.2. The van der Waals surface area contributed by atoms with Gasteiger partial charge in [0.15, 0.2) is 0 Å². The van der Waals surface area contributed by atoms with Crippen LogP contribution in [0.1, 0.15) is 20.9 Å². The van der Waals surface area contributed by atoms with Crippen LogP contribution in [0, 0.1) is 0 Å². The molecule has 4 aromatic heterocycles. The zero-order valence-electron chi connectivity index (χ0n) is 18.1. The molecule has 0 saturated carbocycles. The number of carbonyl (C=O) groups is 3. The van der Waals surface area contributed by atoms with E-state index in [2.05, 4.69) is 25.1 Å². The largest absolute Gasteiger partial charge is 0.494 e. The monoisotopic (exact) mass is 461 g/mol. The Morgan fingerprint density at radius 3 is 2.50 bits per heavy atom. The highest BCUT2D eigenvalue weighted by atomic mass is 16.5. The topological polar surface area (TPSA) is 147 Å². The van der Waals surface area contributed by atoms with Gasteiger partial charge in [0.05, 0.1) is 42.2 Å². The maximum Gasteiger partial charge on any atom is 0.295 e. The molecule has 1 aliphatic rings. The van der Waals surface area contributed by atoms with E-state index in [9.17, 15) is 14.4 Å². The van der Waals surface area contributed by atoms with E-state index >= 15 is 0 Å². The lowest BCUT2D eigenvalue weighted by molar-refractivity contribution is -0.127. The van der Waals surface area contributed by atoms with E-state index in [0.717, 1.165) is 0 Å². The number of ketones is 1. The van der Waals surface area contributed by atoms with Crippen molar-refractivity contribution in [1.82, 2.24) is 34.9 Å². The lowest BCUT2D eigenvalue weighted by Crippen LogP contribution is -2.52. The standard InChI is InChI=1S/C22H19N7O5/c1-33-16-12-26-18(14-11-23-4-5-24-14)19-17(16)13(10-25-19)20(30)22(32)29-8-6-28(7-9-29)21(31)15-2-3-27-34-15/h2-5,10-12,25H,6-9H2,1H3. The molecule has 0 unspecified atom stereocenters. The van der Waals surface area contributed by atoms with Gasteiger partial charge < -0.3 is 24.0 Å². The summed E-state index contributed by atoms with van der Waals surface area (Å²) in [5.41, 5.74) is 1.67. The summed E-state index contributed by atoms with van der Waals surface area (Å²) >= 11 is 0. The molecule has 1 fully saturated rings. The molecule has 34 heavy (non-hydrogen) atoms. The predicted octanol–water partition coefficient (Wildman–Crippen LogP) is 1.18. The van der Waals surface area contributed by atoms with E-state index in [1.54, 1.807) is 23.5 Å². The molecule has 1 saturated heterocycles. The number of carbonyl (C=O) groups excluding carboxylic acids is 3. The third kappa shape index (κ3) is 3.64. The van der Waals surface area contributed by atoms with E-state index in [1.165, 1.54) is 36.7 Å². The summed E-state index contributed by atoms with van der Waals surface area (Å²) in [5, 5.41) is 3.98. The van der Waals surface area contributed by atoms with Gasteiger partial charge in [-0.3, -0.25) is 24.4 Å². The first-order valence-electron chi connectivity index (χ1n) is 10.4. The lowest BCUT2D eigenvalue weighted by atomic mass is 10.1. The van der Waals surface area contributed by atoms with Crippen molar-refractivity contribution in [2.24, 2.45) is 0 Å². The minimum Gasteiger partial charge on any atom is -0.494 e. The number of rotatable bonds is 5. The number of piperazine rings is 1. The summed E-state index contributed by atoms with van der Waals surface area (Å²) in [6.45, 7) is 0.986. The Hall–Kier alpha value is -4.61. The summed E-state index contributed by atoms with van der Waals surface area (Å²) in [7, 11) is 1.46. The Morgan fingerprint density at radius 1 is 1.03 bits per heavy atom. The Labute approximate surface area is 192 Å². The Morgan fingerprint density at radius 2 is 1.82 bits per heavy atom. The van der Waals surface area contributed by atoms with Gasteiger partial charge in [-0.1, -0.05) is 5.16 Å². The SMILES string of the molecule is COc1cnc(-c2cnccn2)c2[nH]cc(C(=O)C(=O)N3CCN(C(=O)c4ccno4)CC3)c12. The second-order valence-corrected chi connectivity index (χ2v) is 7.51. The highest BCUT2D eigenvalue weighted by molar-refractivity contribution is 6.45. The average molecular weight is 461 g/mol. The van der Waals surface area contributed by atoms with Gasteiger partial charge in [0.2, 0.25) is 5.76 Å². The molecule has 0 bridgehead atoms. The van der Waals surface area contributed by atoms with Crippen LogP contribution in [-0.2, 0) is 4.79 Å². The highest BCUT2D eigenvalue weighted by Crippen LogP contribution is 2.34. The van der Waals surface area contributed by atoms with Crippen LogP contribution < -0.4 is 4.74 Å². The number of ether oxygens (including phenoxy) is 1. The average Bonchev–Trinajstić information content (AvgIpc) is 3.58. The number of fused-ring (bicyclic) bond motifs is 1. The third-order valence-electron chi connectivity index (χ3n) is 5.64. The van der Waals surface area contributed by atoms with Crippen LogP contribution in [0.15, 0.2) is 47.8 Å². The van der Waals surface area contributed by atoms with Crippen LogP contribution in [-0.4, -0.2) is 85.8 Å². The number of Topliss-reactive ketones (excluding diaryl/α,β-unsaturated/α-hetero) is 1. The third-order valence-corrected chi connectivity index (χ3v) is 5.64. The maximum atomic E-state index is 13.2. The molecule has 5 rings (SSSR count). The van der Waals surface area contributed by atoms with Gasteiger partial charge in [0, 0.05) is 50.8 Å². The lowest BCUT2D eigenvalue weighted by Gasteiger charge is -2.33. The number of hydrogen-bond acceptors (Lipinski definition) is 9. The van der Waals surface area contributed by atoms with Gasteiger partial charge in [0.25, 0.3) is 17.6 Å². The zero-order valence-corrected chi connectivity index (χ0v) is 18.1. The molecular formula is C22H19N7O5. The van der Waals surface area contributed by atoms with Crippen molar-refractivity contribution in [1.29, 1.82) is 0 Å². The second kappa shape index (κ2) is 8.73. The number of hydrogen-bond donors (Lipinski definition) is 1. The normalized spacial score (nSPS) is 13.8. The van der Waals surface area contributed by atoms with Crippen LogP contribution in [0.25, 0.3) is 22.3 Å². The number of methoxy groups -OCH3 is 1. The van der Waals surface area contributed by atoms with Gasteiger partial charge >= 0.3 is 0 Å². The molecule has 0 atom stereocenters. The molecule has 12 heteroatoms. The Bertz CT molecular complexity index is 1360. The van der Waals surface area contributed by atoms with Crippen molar-refractivity contribution in [2.45, 2.75) is 0 Å². The number of aromatic amines is 1. The van der Waals surface area contributed by atoms with Crippen LogP contribution in [0.3, 0.4) is 0 Å². The molecule has 172 valence electrons. The van der Waals surface area contributed by atoms with Crippen molar-refractivity contribution in [3.8, 4) is 17.1 Å². The molecule has 2 amide bonds. The number of nitrogens with zero attached hydrogens (tertiary/aromatic N) is 6. The molecular weight excluding hydrogens is 442 g/mol. The van der Waals surface area contributed by atoms with Crippen molar-refractivity contribution in [3.63, 3.8) is 0 Å². The summed E-state index contributed by atoms with van der Waals surface area (Å²) in [5.74, 6) is -1.17. The number of nitrogens with one attached hydrogen (secondary N) is 1. The Kier molecular flexibility index (Phi) is 5.46. The molecule has 1 aliphatic heterocycles. The van der Waals surface area contributed by atoms with Crippen molar-refractivity contribution >= 4 is 28.5 Å². The maximum absolute atomic E-state index is 13.2. The van der Waals surface area contributed by atoms with Crippen LogP contribution in [0.5, 0.6) is 5.75 Å². The number of amides is 2. The molecule has 0 radical (unpaired) electrons. The number of pyridine rings is 1. The first-order chi connectivity index (χ1) is 16.6. The highest BCUT2D eigenvalue weighted by Gasteiger charge is 2.32. The fourth-order valence-corrected chi connectivity index (χ4v) is 3.92. The zero-order chi connectivity index (χ0) is 23.7. The van der Waals surface area contributed by atoms with Crippen LogP contribution in [0.4, 0.5) is 0 Å². The number of aromatic nitrogens is 5. The smallest absolute Gasteiger partial charge is 0.295 e. The van der Waals surface area contributed by atoms with E-state index in [1.807, 2.05) is 0 Å². The summed E-state index contributed by atoms with van der Waals surface area (Å²) < 4.78 is 10.3. The summed E-state index contributed by atoms with van der Waals surface area (Å²) in [6.07, 6.45) is 8.99. The van der Waals surface area contributed by atoms with Crippen LogP contribution >= 0.6 is 0 Å². The minimum absolute atomic E-state index is 0.134. The summed E-state index contributed by atoms with van der Waals surface area (Å²) in [4.78, 5) is 57.4. The molecule has 5 heterocycles. The molecule has 0 spiro atoms. The molecule has 0 aromatic carbocycles.